The molecule has 1 saturated heterocycles. The second kappa shape index (κ2) is 5.04. The van der Waals surface area contributed by atoms with Crippen LogP contribution in [0.4, 0.5) is 10.1 Å². The first-order valence-corrected chi connectivity index (χ1v) is 6.67. The van der Waals surface area contributed by atoms with Crippen LogP contribution in [-0.2, 0) is 9.59 Å². The van der Waals surface area contributed by atoms with Gasteiger partial charge in [0.25, 0.3) is 0 Å². The molecule has 1 aromatic heterocycles. The Morgan fingerprint density at radius 3 is 2.70 bits per heavy atom. The maximum absolute atomic E-state index is 12.9. The molecule has 1 N–H and O–H groups in total. The Morgan fingerprint density at radius 2 is 2.05 bits per heavy atom. The Bertz CT molecular complexity index is 644. The summed E-state index contributed by atoms with van der Waals surface area (Å²) >= 11 is 1.16. The zero-order valence-corrected chi connectivity index (χ0v) is 10.9. The minimum absolute atomic E-state index is 0.0849. The number of benzene rings is 1. The number of rotatable bonds is 3. The van der Waals surface area contributed by atoms with Crippen LogP contribution < -0.4 is 4.90 Å². The van der Waals surface area contributed by atoms with E-state index in [0.717, 1.165) is 16.7 Å². The highest BCUT2D eigenvalue weighted by atomic mass is 32.2. The Balaban J connectivity index is 1.81. The topological polar surface area (TPSA) is 79.0 Å². The molecule has 0 bridgehead atoms. The van der Waals surface area contributed by atoms with Crippen molar-refractivity contribution < 1.29 is 14.0 Å². The minimum Gasteiger partial charge on any atom is -0.274 e. The number of imide groups is 1. The average molecular weight is 292 g/mol. The lowest BCUT2D eigenvalue weighted by Gasteiger charge is -2.14. The lowest BCUT2D eigenvalue weighted by atomic mass is 10.3. The van der Waals surface area contributed by atoms with E-state index < -0.39 is 11.1 Å². The molecule has 3 rings (SSSR count). The SMILES string of the molecule is O=C1C[C@@H](Sc2ncn[nH]2)C(=O)N1c1ccc(F)cc1. The summed E-state index contributed by atoms with van der Waals surface area (Å²) in [7, 11) is 0. The third-order valence-electron chi connectivity index (χ3n) is 2.84. The average Bonchev–Trinajstić information content (AvgIpc) is 3.02. The number of aromatic nitrogens is 3. The van der Waals surface area contributed by atoms with E-state index in [1.165, 1.54) is 30.6 Å². The van der Waals surface area contributed by atoms with E-state index in [1.807, 2.05) is 0 Å². The van der Waals surface area contributed by atoms with E-state index >= 15 is 0 Å². The van der Waals surface area contributed by atoms with Gasteiger partial charge in [-0.25, -0.2) is 14.3 Å². The number of aromatic amines is 1. The predicted octanol–water partition coefficient (Wildman–Crippen LogP) is 1.37. The first kappa shape index (κ1) is 12.8. The molecule has 0 unspecified atom stereocenters. The van der Waals surface area contributed by atoms with Crippen molar-refractivity contribution in [1.29, 1.82) is 0 Å². The van der Waals surface area contributed by atoms with Gasteiger partial charge >= 0.3 is 0 Å². The fourth-order valence-electron chi connectivity index (χ4n) is 1.94. The fraction of sp³-hybridized carbons (Fsp3) is 0.167. The van der Waals surface area contributed by atoms with E-state index in [1.54, 1.807) is 0 Å². The zero-order valence-electron chi connectivity index (χ0n) is 10.1. The quantitative estimate of drug-likeness (QED) is 0.864. The minimum atomic E-state index is -0.541. The number of carbonyl (C=O) groups is 2. The molecule has 1 aliphatic heterocycles. The maximum atomic E-state index is 12.9. The van der Waals surface area contributed by atoms with Crippen LogP contribution in [0.25, 0.3) is 0 Å². The van der Waals surface area contributed by atoms with Crippen LogP contribution >= 0.6 is 11.8 Å². The number of nitrogens with zero attached hydrogens (tertiary/aromatic N) is 3. The monoisotopic (exact) mass is 292 g/mol. The second-order valence-corrected chi connectivity index (χ2v) is 5.34. The summed E-state index contributed by atoms with van der Waals surface area (Å²) in [6.45, 7) is 0. The Morgan fingerprint density at radius 1 is 1.30 bits per heavy atom. The highest BCUT2D eigenvalue weighted by Crippen LogP contribution is 2.32. The van der Waals surface area contributed by atoms with E-state index in [0.29, 0.717) is 10.8 Å². The molecule has 2 heterocycles. The summed E-state index contributed by atoms with van der Waals surface area (Å²) in [6.07, 6.45) is 1.42. The van der Waals surface area contributed by atoms with Crippen LogP contribution in [0.5, 0.6) is 0 Å². The van der Waals surface area contributed by atoms with Crippen molar-refractivity contribution in [1.82, 2.24) is 15.2 Å². The molecule has 20 heavy (non-hydrogen) atoms. The van der Waals surface area contributed by atoms with Crippen molar-refractivity contribution in [3.05, 3.63) is 36.4 Å². The summed E-state index contributed by atoms with van der Waals surface area (Å²) in [5.41, 5.74) is 0.377. The summed E-state index contributed by atoms with van der Waals surface area (Å²) in [5.74, 6) is -1.05. The summed E-state index contributed by atoms with van der Waals surface area (Å²) < 4.78 is 12.9. The molecule has 1 aromatic carbocycles. The van der Waals surface area contributed by atoms with Crippen molar-refractivity contribution in [3.63, 3.8) is 0 Å². The van der Waals surface area contributed by atoms with Crippen LogP contribution in [0.15, 0.2) is 35.7 Å². The normalized spacial score (nSPS) is 18.9. The summed E-state index contributed by atoms with van der Waals surface area (Å²) in [6, 6.07) is 5.25. The molecule has 0 spiro atoms. The Labute approximate surface area is 117 Å². The third kappa shape index (κ3) is 2.29. The number of amides is 2. The highest BCUT2D eigenvalue weighted by Gasteiger charge is 2.40. The van der Waals surface area contributed by atoms with Gasteiger partial charge in [0.1, 0.15) is 17.4 Å². The van der Waals surface area contributed by atoms with Gasteiger partial charge in [0, 0.05) is 6.42 Å². The largest absolute Gasteiger partial charge is 0.274 e. The number of carbonyl (C=O) groups excluding carboxylic acids is 2. The van der Waals surface area contributed by atoms with Crippen LogP contribution in [-0.4, -0.2) is 32.2 Å². The number of hydrogen-bond acceptors (Lipinski definition) is 5. The van der Waals surface area contributed by atoms with Crippen molar-refractivity contribution in [2.75, 3.05) is 4.90 Å². The molecule has 1 fully saturated rings. The molecule has 2 aromatic rings. The molecule has 0 aliphatic carbocycles. The van der Waals surface area contributed by atoms with Crippen molar-refractivity contribution in [2.45, 2.75) is 16.8 Å². The Hall–Kier alpha value is -2.22. The lowest BCUT2D eigenvalue weighted by molar-refractivity contribution is -0.121. The number of halogens is 1. The molecular formula is C12H9FN4O2S. The summed E-state index contributed by atoms with van der Waals surface area (Å²) in [5, 5.41) is 6.26. The molecule has 102 valence electrons. The Kier molecular flexibility index (Phi) is 3.23. The molecular weight excluding hydrogens is 283 g/mol. The molecule has 6 nitrogen and oxygen atoms in total. The first-order chi connectivity index (χ1) is 9.65. The molecule has 1 atom stereocenters. The molecule has 8 heteroatoms. The van der Waals surface area contributed by atoms with E-state index in [-0.39, 0.29) is 18.2 Å². The standard InChI is InChI=1S/C12H9FN4O2S/c13-7-1-3-8(4-2-7)17-10(18)5-9(11(17)19)20-12-14-6-15-16-12/h1-4,6,9H,5H2,(H,14,15,16)/t9-/m1/s1. The number of nitrogens with one attached hydrogen (secondary N) is 1. The summed E-state index contributed by atoms with van der Waals surface area (Å²) in [4.78, 5) is 29.2. The lowest BCUT2D eigenvalue weighted by Crippen LogP contribution is -2.31. The van der Waals surface area contributed by atoms with Crippen LogP contribution in [0.1, 0.15) is 6.42 Å². The van der Waals surface area contributed by atoms with Gasteiger partial charge in [-0.05, 0) is 24.3 Å². The van der Waals surface area contributed by atoms with E-state index in [9.17, 15) is 14.0 Å². The third-order valence-corrected chi connectivity index (χ3v) is 3.91. The predicted molar refractivity (Wildman–Crippen MR) is 69.5 cm³/mol. The van der Waals surface area contributed by atoms with E-state index in [4.69, 9.17) is 0 Å². The van der Waals surface area contributed by atoms with Gasteiger partial charge in [-0.15, -0.1) is 0 Å². The van der Waals surface area contributed by atoms with Gasteiger partial charge in [-0.2, -0.15) is 5.10 Å². The van der Waals surface area contributed by atoms with Gasteiger partial charge in [0.15, 0.2) is 5.16 Å². The van der Waals surface area contributed by atoms with Crippen LogP contribution in [0.3, 0.4) is 0 Å². The van der Waals surface area contributed by atoms with Gasteiger partial charge in [0.2, 0.25) is 11.8 Å². The van der Waals surface area contributed by atoms with Gasteiger partial charge in [-0.3, -0.25) is 14.7 Å². The number of anilines is 1. The second-order valence-electron chi connectivity index (χ2n) is 4.15. The van der Waals surface area contributed by atoms with E-state index in [2.05, 4.69) is 15.2 Å². The van der Waals surface area contributed by atoms with Crippen LogP contribution in [0.2, 0.25) is 0 Å². The highest BCUT2D eigenvalue weighted by molar-refractivity contribution is 8.00. The number of hydrogen-bond donors (Lipinski definition) is 1. The smallest absolute Gasteiger partial charge is 0.247 e. The molecule has 0 saturated carbocycles. The number of thioether (sulfide) groups is 1. The molecule has 1 aliphatic rings. The van der Waals surface area contributed by atoms with Crippen molar-refractivity contribution in [2.24, 2.45) is 0 Å². The molecule has 2 amide bonds. The van der Waals surface area contributed by atoms with Gasteiger partial charge < -0.3 is 0 Å². The maximum Gasteiger partial charge on any atom is 0.247 e. The number of H-pyrrole nitrogens is 1. The van der Waals surface area contributed by atoms with Crippen molar-refractivity contribution >= 4 is 29.3 Å². The first-order valence-electron chi connectivity index (χ1n) is 5.79. The van der Waals surface area contributed by atoms with Crippen LogP contribution in [0, 0.1) is 5.82 Å². The van der Waals surface area contributed by atoms with Gasteiger partial charge in [0.05, 0.1) is 5.69 Å². The molecule has 0 radical (unpaired) electrons. The zero-order chi connectivity index (χ0) is 14.1. The fourth-order valence-corrected chi connectivity index (χ4v) is 2.86. The van der Waals surface area contributed by atoms with Gasteiger partial charge in [-0.1, -0.05) is 11.8 Å². The van der Waals surface area contributed by atoms with Crippen molar-refractivity contribution in [3.8, 4) is 0 Å².